The van der Waals surface area contributed by atoms with E-state index in [2.05, 4.69) is 0 Å². The topological polar surface area (TPSA) is 72.6 Å². The molecule has 7 heteroatoms. The number of hydrogen-bond donors (Lipinski definition) is 1. The summed E-state index contributed by atoms with van der Waals surface area (Å²) >= 11 is 1.36. The highest BCUT2D eigenvalue weighted by Crippen LogP contribution is 2.35. The zero-order valence-electron chi connectivity index (χ0n) is 11.4. The third kappa shape index (κ3) is 2.52. The number of nitrogens with zero attached hydrogens (tertiary/aromatic N) is 1. The van der Waals surface area contributed by atoms with Crippen molar-refractivity contribution in [1.82, 2.24) is 0 Å². The highest BCUT2D eigenvalue weighted by atomic mass is 32.2. The van der Waals surface area contributed by atoms with E-state index in [1.54, 1.807) is 23.6 Å². The van der Waals surface area contributed by atoms with Crippen molar-refractivity contribution in [3.8, 4) is 5.75 Å². The summed E-state index contributed by atoms with van der Waals surface area (Å²) < 4.78 is 33.0. The number of rotatable bonds is 3. The first-order chi connectivity index (χ1) is 10.1. The van der Waals surface area contributed by atoms with E-state index in [-0.39, 0.29) is 6.54 Å². The Balaban J connectivity index is 2.11. The Morgan fingerprint density at radius 2 is 2.10 bits per heavy atom. The number of benzene rings is 1. The Morgan fingerprint density at radius 3 is 2.90 bits per heavy atom. The van der Waals surface area contributed by atoms with E-state index in [0.29, 0.717) is 40.8 Å². The van der Waals surface area contributed by atoms with Crippen LogP contribution in [0.3, 0.4) is 0 Å². The van der Waals surface area contributed by atoms with Gasteiger partial charge in [0.25, 0.3) is 10.0 Å². The SMILES string of the molecule is NCc1sccc1S(=O)(=O)N1CCCOc2ccccc21. The van der Waals surface area contributed by atoms with Crippen molar-refractivity contribution >= 4 is 27.0 Å². The van der Waals surface area contributed by atoms with Gasteiger partial charge in [0.05, 0.1) is 12.3 Å². The average molecular weight is 324 g/mol. The van der Waals surface area contributed by atoms with Crippen LogP contribution in [0.25, 0.3) is 0 Å². The number of nitrogens with two attached hydrogens (primary N) is 1. The van der Waals surface area contributed by atoms with Crippen LogP contribution in [-0.4, -0.2) is 21.6 Å². The van der Waals surface area contributed by atoms with Gasteiger partial charge in [0.2, 0.25) is 0 Å². The van der Waals surface area contributed by atoms with Crippen LogP contribution in [-0.2, 0) is 16.6 Å². The molecule has 2 N–H and O–H groups in total. The quantitative estimate of drug-likeness (QED) is 0.939. The summed E-state index contributed by atoms with van der Waals surface area (Å²) in [6, 6.07) is 8.84. The second kappa shape index (κ2) is 5.67. The first-order valence-corrected chi connectivity index (χ1v) is 8.97. The van der Waals surface area contributed by atoms with Gasteiger partial charge in [0.1, 0.15) is 10.6 Å². The molecule has 5 nitrogen and oxygen atoms in total. The molecular formula is C14H16N2O3S2. The molecule has 2 aromatic rings. The summed E-state index contributed by atoms with van der Waals surface area (Å²) in [5.74, 6) is 0.600. The number of para-hydroxylation sites is 2. The lowest BCUT2D eigenvalue weighted by Crippen LogP contribution is -2.32. The Morgan fingerprint density at radius 1 is 1.29 bits per heavy atom. The Kier molecular flexibility index (Phi) is 3.88. The van der Waals surface area contributed by atoms with Crippen LogP contribution in [0.4, 0.5) is 5.69 Å². The molecule has 3 rings (SSSR count). The van der Waals surface area contributed by atoms with Crippen molar-refractivity contribution in [2.45, 2.75) is 17.9 Å². The second-order valence-electron chi connectivity index (χ2n) is 4.66. The number of fused-ring (bicyclic) bond motifs is 1. The van der Waals surface area contributed by atoms with Crippen LogP contribution in [0.5, 0.6) is 5.75 Å². The van der Waals surface area contributed by atoms with E-state index in [1.807, 2.05) is 12.1 Å². The molecule has 0 amide bonds. The van der Waals surface area contributed by atoms with Crippen LogP contribution in [0, 0.1) is 0 Å². The summed E-state index contributed by atoms with van der Waals surface area (Å²) in [4.78, 5) is 0.976. The Hall–Kier alpha value is -1.57. The minimum Gasteiger partial charge on any atom is -0.491 e. The number of hydrogen-bond acceptors (Lipinski definition) is 5. The maximum atomic E-state index is 13.0. The van der Waals surface area contributed by atoms with Gasteiger partial charge in [-0.25, -0.2) is 8.42 Å². The lowest BCUT2D eigenvalue weighted by atomic mass is 10.3. The van der Waals surface area contributed by atoms with Gasteiger partial charge in [-0.3, -0.25) is 4.31 Å². The molecule has 1 aliphatic rings. The van der Waals surface area contributed by atoms with Crippen molar-refractivity contribution in [2.75, 3.05) is 17.5 Å². The van der Waals surface area contributed by atoms with Crippen molar-refractivity contribution in [2.24, 2.45) is 5.73 Å². The molecule has 1 aliphatic heterocycles. The molecule has 1 aromatic heterocycles. The normalized spacial score (nSPS) is 15.2. The van der Waals surface area contributed by atoms with Crippen molar-refractivity contribution in [3.05, 3.63) is 40.6 Å². The van der Waals surface area contributed by atoms with E-state index in [1.165, 1.54) is 15.6 Å². The van der Waals surface area contributed by atoms with E-state index >= 15 is 0 Å². The minimum atomic E-state index is -3.61. The van der Waals surface area contributed by atoms with Gasteiger partial charge in [-0.05, 0) is 23.6 Å². The number of sulfonamides is 1. The maximum Gasteiger partial charge on any atom is 0.265 e. The third-order valence-corrected chi connectivity index (χ3v) is 6.33. The summed E-state index contributed by atoms with van der Waals surface area (Å²) in [5.41, 5.74) is 6.24. The largest absolute Gasteiger partial charge is 0.491 e. The van der Waals surface area contributed by atoms with Gasteiger partial charge in [-0.15, -0.1) is 11.3 Å². The Bertz CT molecular complexity index is 740. The van der Waals surface area contributed by atoms with Gasteiger partial charge >= 0.3 is 0 Å². The fourth-order valence-electron chi connectivity index (χ4n) is 2.37. The van der Waals surface area contributed by atoms with Gasteiger partial charge < -0.3 is 10.5 Å². The molecule has 0 bridgehead atoms. The molecule has 0 spiro atoms. The lowest BCUT2D eigenvalue weighted by Gasteiger charge is -2.23. The van der Waals surface area contributed by atoms with E-state index in [0.717, 1.165) is 0 Å². The van der Waals surface area contributed by atoms with Gasteiger partial charge in [-0.2, -0.15) is 0 Å². The van der Waals surface area contributed by atoms with E-state index < -0.39 is 10.0 Å². The van der Waals surface area contributed by atoms with Gasteiger partial charge in [0, 0.05) is 24.4 Å². The summed E-state index contributed by atoms with van der Waals surface area (Å²) in [6.45, 7) is 1.13. The second-order valence-corrected chi connectivity index (χ2v) is 7.49. The van der Waals surface area contributed by atoms with Crippen molar-refractivity contribution in [1.29, 1.82) is 0 Å². The maximum absolute atomic E-state index is 13.0. The van der Waals surface area contributed by atoms with Gasteiger partial charge in [-0.1, -0.05) is 12.1 Å². The van der Waals surface area contributed by atoms with Crippen molar-refractivity contribution < 1.29 is 13.2 Å². The van der Waals surface area contributed by atoms with Crippen LogP contribution in [0.1, 0.15) is 11.3 Å². The predicted molar refractivity (Wildman–Crippen MR) is 83.3 cm³/mol. The molecule has 0 fully saturated rings. The average Bonchev–Trinajstić information content (AvgIpc) is 2.87. The zero-order valence-corrected chi connectivity index (χ0v) is 13.0. The van der Waals surface area contributed by atoms with E-state index in [9.17, 15) is 8.42 Å². The smallest absolute Gasteiger partial charge is 0.265 e. The summed E-state index contributed by atoms with van der Waals surface area (Å²) in [7, 11) is -3.61. The molecule has 0 atom stereocenters. The third-order valence-electron chi connectivity index (χ3n) is 3.36. The molecule has 0 radical (unpaired) electrons. The van der Waals surface area contributed by atoms with Crippen LogP contribution in [0.15, 0.2) is 40.6 Å². The fraction of sp³-hybridized carbons (Fsp3) is 0.286. The number of anilines is 1. The number of thiophene rings is 1. The van der Waals surface area contributed by atoms with Gasteiger partial charge in [0.15, 0.2) is 0 Å². The van der Waals surface area contributed by atoms with Crippen LogP contribution in [0.2, 0.25) is 0 Å². The monoisotopic (exact) mass is 324 g/mol. The molecular weight excluding hydrogens is 308 g/mol. The minimum absolute atomic E-state index is 0.220. The predicted octanol–water partition coefficient (Wildman–Crippen LogP) is 2.18. The highest BCUT2D eigenvalue weighted by molar-refractivity contribution is 7.93. The molecule has 0 saturated heterocycles. The zero-order chi connectivity index (χ0) is 14.9. The molecule has 0 aliphatic carbocycles. The van der Waals surface area contributed by atoms with Crippen LogP contribution >= 0.6 is 11.3 Å². The first kappa shape index (κ1) is 14.4. The summed E-state index contributed by atoms with van der Waals surface area (Å²) in [5, 5.41) is 1.76. The van der Waals surface area contributed by atoms with Crippen LogP contribution < -0.4 is 14.8 Å². The lowest BCUT2D eigenvalue weighted by molar-refractivity contribution is 0.322. The van der Waals surface area contributed by atoms with E-state index in [4.69, 9.17) is 10.5 Å². The highest BCUT2D eigenvalue weighted by Gasteiger charge is 2.30. The molecule has 0 unspecified atom stereocenters. The standard InChI is InChI=1S/C14H16N2O3S2/c15-10-13-14(6-9-20-13)21(17,18)16-7-3-8-19-12-5-2-1-4-11(12)16/h1-2,4-6,9H,3,7-8,10,15H2. The fourth-order valence-corrected chi connectivity index (χ4v) is 5.19. The molecule has 0 saturated carbocycles. The molecule has 112 valence electrons. The molecule has 21 heavy (non-hydrogen) atoms. The molecule has 1 aromatic carbocycles. The molecule has 2 heterocycles. The number of ether oxygens (including phenoxy) is 1. The summed E-state index contributed by atoms with van der Waals surface area (Å²) in [6.07, 6.45) is 0.649. The Labute approximate surface area is 128 Å². The first-order valence-electron chi connectivity index (χ1n) is 6.65. The van der Waals surface area contributed by atoms with Crippen molar-refractivity contribution in [3.63, 3.8) is 0 Å².